The lowest BCUT2D eigenvalue weighted by atomic mass is 10.2. The molecule has 3 N–H and O–H groups in total. The Morgan fingerprint density at radius 3 is 2.88 bits per heavy atom. The normalized spacial score (nSPS) is 11.8. The van der Waals surface area contributed by atoms with Crippen molar-refractivity contribution >= 4 is 40.8 Å². The van der Waals surface area contributed by atoms with Crippen LogP contribution in [-0.2, 0) is 4.79 Å². The molecule has 0 spiro atoms. The molecule has 1 aromatic rings. The maximum atomic E-state index is 11.5. The zero-order chi connectivity index (χ0) is 12.7. The Bertz CT molecular complexity index is 368. The summed E-state index contributed by atoms with van der Waals surface area (Å²) in [6, 6.07) is 0.417. The minimum absolute atomic E-state index is 0.410. The Labute approximate surface area is 108 Å². The highest BCUT2D eigenvalue weighted by Gasteiger charge is 2.19. The number of hydrogen-bond donors (Lipinski definition) is 3. The topological polar surface area (TPSA) is 78.4 Å². The van der Waals surface area contributed by atoms with Gasteiger partial charge in [0.1, 0.15) is 6.04 Å². The maximum Gasteiger partial charge on any atom is 0.326 e. The Morgan fingerprint density at radius 2 is 2.35 bits per heavy atom. The van der Waals surface area contributed by atoms with Crippen LogP contribution in [0.5, 0.6) is 0 Å². The lowest BCUT2D eigenvalue weighted by Crippen LogP contribution is -2.43. The first-order chi connectivity index (χ1) is 8.13. The van der Waals surface area contributed by atoms with E-state index in [2.05, 4.69) is 10.6 Å². The van der Waals surface area contributed by atoms with E-state index in [1.807, 2.05) is 11.6 Å². The zero-order valence-corrected chi connectivity index (χ0v) is 10.9. The van der Waals surface area contributed by atoms with E-state index in [4.69, 9.17) is 5.11 Å². The van der Waals surface area contributed by atoms with Gasteiger partial charge in [-0.3, -0.25) is 0 Å². The van der Waals surface area contributed by atoms with Crippen LogP contribution in [0.2, 0.25) is 0 Å². The summed E-state index contributed by atoms with van der Waals surface area (Å²) in [6.45, 7) is 0. The molecule has 5 nitrogen and oxygen atoms in total. The van der Waals surface area contributed by atoms with Gasteiger partial charge in [0.05, 0.1) is 5.69 Å². The largest absolute Gasteiger partial charge is 0.480 e. The van der Waals surface area contributed by atoms with Gasteiger partial charge in [-0.25, -0.2) is 9.59 Å². The number of carboxylic acids is 1. The first kappa shape index (κ1) is 13.9. The third-order valence-corrected chi connectivity index (χ3v) is 3.32. The van der Waals surface area contributed by atoms with Crippen molar-refractivity contribution in [3.63, 3.8) is 0 Å². The highest BCUT2D eigenvalue weighted by Crippen LogP contribution is 2.11. The van der Waals surface area contributed by atoms with Crippen LogP contribution in [0.25, 0.3) is 0 Å². The molecule has 1 rings (SSSR count). The van der Waals surface area contributed by atoms with Gasteiger partial charge in [0.25, 0.3) is 0 Å². The number of rotatable bonds is 6. The monoisotopic (exact) mass is 274 g/mol. The molecule has 0 fully saturated rings. The van der Waals surface area contributed by atoms with Crippen LogP contribution in [0.15, 0.2) is 16.8 Å². The molecule has 2 amide bonds. The molecule has 0 aliphatic carbocycles. The molecule has 94 valence electrons. The lowest BCUT2D eigenvalue weighted by molar-refractivity contribution is -0.139. The van der Waals surface area contributed by atoms with Gasteiger partial charge in [0.15, 0.2) is 0 Å². The average molecular weight is 274 g/mol. The van der Waals surface area contributed by atoms with Crippen molar-refractivity contribution in [2.45, 2.75) is 12.5 Å². The van der Waals surface area contributed by atoms with Crippen LogP contribution in [0.1, 0.15) is 6.42 Å². The molecule has 1 aromatic heterocycles. The molecule has 1 atom stereocenters. The number of hydrogen-bond acceptors (Lipinski definition) is 4. The first-order valence-corrected chi connectivity index (χ1v) is 7.28. The van der Waals surface area contributed by atoms with Gasteiger partial charge in [0, 0.05) is 5.38 Å². The number of urea groups is 1. The number of thiophene rings is 1. The summed E-state index contributed by atoms with van der Waals surface area (Å²) in [6.07, 6.45) is 2.30. The fourth-order valence-corrected chi connectivity index (χ4v) is 2.21. The second kappa shape index (κ2) is 7.18. The molecule has 0 saturated heterocycles. The van der Waals surface area contributed by atoms with Crippen LogP contribution in [0.4, 0.5) is 10.5 Å². The number of carboxylic acid groups (broad SMARTS) is 1. The van der Waals surface area contributed by atoms with Crippen LogP contribution >= 0.6 is 23.1 Å². The minimum Gasteiger partial charge on any atom is -0.480 e. The maximum absolute atomic E-state index is 11.5. The van der Waals surface area contributed by atoms with E-state index in [1.54, 1.807) is 23.2 Å². The van der Waals surface area contributed by atoms with Crippen molar-refractivity contribution in [1.82, 2.24) is 5.32 Å². The van der Waals surface area contributed by atoms with E-state index >= 15 is 0 Å². The van der Waals surface area contributed by atoms with Gasteiger partial charge in [-0.05, 0) is 29.9 Å². The fourth-order valence-electron chi connectivity index (χ4n) is 1.15. The molecule has 0 radical (unpaired) electrons. The van der Waals surface area contributed by atoms with Gasteiger partial charge in [-0.1, -0.05) is 0 Å². The Balaban J connectivity index is 2.43. The molecule has 17 heavy (non-hydrogen) atoms. The number of amides is 2. The number of nitrogens with one attached hydrogen (secondary N) is 2. The van der Waals surface area contributed by atoms with Crippen LogP contribution in [0.3, 0.4) is 0 Å². The Kier molecular flexibility index (Phi) is 5.85. The lowest BCUT2D eigenvalue weighted by Gasteiger charge is -2.14. The number of aliphatic carboxylic acids is 1. The summed E-state index contributed by atoms with van der Waals surface area (Å²) in [5.41, 5.74) is 0.668. The molecule has 0 aromatic carbocycles. The van der Waals surface area contributed by atoms with Gasteiger partial charge >= 0.3 is 12.0 Å². The van der Waals surface area contributed by atoms with E-state index < -0.39 is 18.0 Å². The highest BCUT2D eigenvalue weighted by atomic mass is 32.2. The van der Waals surface area contributed by atoms with Crippen LogP contribution in [0, 0.1) is 0 Å². The van der Waals surface area contributed by atoms with Gasteiger partial charge in [-0.2, -0.15) is 23.1 Å². The summed E-state index contributed by atoms with van der Waals surface area (Å²) in [5.74, 6) is -0.324. The summed E-state index contributed by atoms with van der Waals surface area (Å²) in [4.78, 5) is 22.4. The standard InChI is InChI=1S/C10H14N2O3S2/c1-16-4-3-8(9(13)14)12-10(15)11-7-2-5-17-6-7/h2,5-6,8H,3-4H2,1H3,(H,13,14)(H2,11,12,15)/t8-/m0/s1. The molecule has 0 aliphatic heterocycles. The number of thioether (sulfide) groups is 1. The molecule has 0 aliphatic rings. The molecule has 0 bridgehead atoms. The molecule has 0 saturated carbocycles. The molecule has 0 unspecified atom stereocenters. The van der Waals surface area contributed by atoms with Crippen molar-refractivity contribution in [1.29, 1.82) is 0 Å². The minimum atomic E-state index is -1.01. The van der Waals surface area contributed by atoms with Crippen molar-refractivity contribution in [3.05, 3.63) is 16.8 Å². The number of anilines is 1. The third-order valence-electron chi connectivity index (χ3n) is 1.99. The molecule has 7 heteroatoms. The zero-order valence-electron chi connectivity index (χ0n) is 9.30. The van der Waals surface area contributed by atoms with E-state index in [-0.39, 0.29) is 0 Å². The van der Waals surface area contributed by atoms with Gasteiger partial charge < -0.3 is 15.7 Å². The third kappa shape index (κ3) is 5.10. The summed E-state index contributed by atoms with van der Waals surface area (Å²) >= 11 is 3.00. The predicted octanol–water partition coefficient (Wildman–Crippen LogP) is 2.08. The molecular formula is C10H14N2O3S2. The summed E-state index contributed by atoms with van der Waals surface area (Å²) < 4.78 is 0. The van der Waals surface area contributed by atoms with Gasteiger partial charge in [-0.15, -0.1) is 0 Å². The van der Waals surface area contributed by atoms with Gasteiger partial charge in [0.2, 0.25) is 0 Å². The van der Waals surface area contributed by atoms with Crippen molar-refractivity contribution < 1.29 is 14.7 Å². The Morgan fingerprint density at radius 1 is 1.59 bits per heavy atom. The summed E-state index contributed by atoms with van der Waals surface area (Å²) in [7, 11) is 0. The van der Waals surface area contributed by atoms with Crippen molar-refractivity contribution in [3.8, 4) is 0 Å². The second-order valence-corrected chi connectivity index (χ2v) is 5.05. The molecular weight excluding hydrogens is 260 g/mol. The van der Waals surface area contributed by atoms with Crippen LogP contribution < -0.4 is 10.6 Å². The quantitative estimate of drug-likeness (QED) is 0.742. The fraction of sp³-hybridized carbons (Fsp3) is 0.400. The molecule has 1 heterocycles. The van der Waals surface area contributed by atoms with Crippen molar-refractivity contribution in [2.75, 3.05) is 17.3 Å². The predicted molar refractivity (Wildman–Crippen MR) is 70.9 cm³/mol. The average Bonchev–Trinajstić information content (AvgIpc) is 2.76. The first-order valence-electron chi connectivity index (χ1n) is 4.95. The Hall–Kier alpha value is -1.21. The van der Waals surface area contributed by atoms with E-state index in [1.165, 1.54) is 11.3 Å². The van der Waals surface area contributed by atoms with Crippen molar-refractivity contribution in [2.24, 2.45) is 0 Å². The SMILES string of the molecule is CSCC[C@H](NC(=O)Nc1ccsc1)C(=O)O. The second-order valence-electron chi connectivity index (χ2n) is 3.28. The summed E-state index contributed by atoms with van der Waals surface area (Å²) in [5, 5.41) is 17.5. The number of carbonyl (C=O) groups excluding carboxylic acids is 1. The van der Waals surface area contributed by atoms with E-state index in [0.29, 0.717) is 17.9 Å². The highest BCUT2D eigenvalue weighted by molar-refractivity contribution is 7.98. The van der Waals surface area contributed by atoms with E-state index in [9.17, 15) is 9.59 Å². The van der Waals surface area contributed by atoms with Crippen LogP contribution in [-0.4, -0.2) is 35.2 Å². The number of carbonyl (C=O) groups is 2. The van der Waals surface area contributed by atoms with E-state index in [0.717, 1.165) is 0 Å². The smallest absolute Gasteiger partial charge is 0.326 e.